The minimum Gasteiger partial charge on any atom is -0.344 e. The number of halogens is 2. The molecule has 2 aliphatic rings. The average Bonchev–Trinajstić information content (AvgIpc) is 2.71. The van der Waals surface area contributed by atoms with Crippen LogP contribution in [0.3, 0.4) is 0 Å². The quantitative estimate of drug-likeness (QED) is 0.541. The molecule has 0 aromatic rings. The van der Waals surface area contributed by atoms with Crippen molar-refractivity contribution in [1.29, 1.82) is 0 Å². The summed E-state index contributed by atoms with van der Waals surface area (Å²) in [6.45, 7) is 6.26. The van der Waals surface area contributed by atoms with Gasteiger partial charge in [-0.1, -0.05) is 12.2 Å². The van der Waals surface area contributed by atoms with Gasteiger partial charge in [-0.15, -0.1) is 0 Å². The zero-order chi connectivity index (χ0) is 16.6. The fraction of sp³-hybridized carbons (Fsp3) is 0.857. The Kier molecular flexibility index (Phi) is 5.15. The molecule has 3 atom stereocenters. The van der Waals surface area contributed by atoms with Gasteiger partial charge in [0.05, 0.1) is 25.2 Å². The zero-order valence-corrected chi connectivity index (χ0v) is 14.1. The predicted molar refractivity (Wildman–Crippen MR) is 76.9 cm³/mol. The summed E-state index contributed by atoms with van der Waals surface area (Å²) >= 11 is 0. The Labute approximate surface area is 129 Å². The molecule has 0 N–H and O–H groups in total. The lowest BCUT2D eigenvalue weighted by Gasteiger charge is -2.34. The molecule has 0 radical (unpaired) electrons. The summed E-state index contributed by atoms with van der Waals surface area (Å²) < 4.78 is 62.8. The molecule has 1 heterocycles. The fourth-order valence-electron chi connectivity index (χ4n) is 2.79. The lowest BCUT2D eigenvalue weighted by molar-refractivity contribution is -0.144. The van der Waals surface area contributed by atoms with Crippen LogP contribution in [0.5, 0.6) is 0 Å². The van der Waals surface area contributed by atoms with E-state index < -0.39 is 31.1 Å². The van der Waals surface area contributed by atoms with Crippen molar-refractivity contribution in [2.75, 3.05) is 13.2 Å². The molecule has 1 saturated heterocycles. The molecule has 128 valence electrons. The molecule has 0 amide bonds. The van der Waals surface area contributed by atoms with Crippen molar-refractivity contribution in [1.82, 2.24) is 0 Å². The maximum Gasteiger partial charge on any atom is 0.400 e. The van der Waals surface area contributed by atoms with Gasteiger partial charge in [0.15, 0.2) is 5.79 Å². The Morgan fingerprint density at radius 1 is 1.23 bits per heavy atom. The van der Waals surface area contributed by atoms with Gasteiger partial charge in [0.25, 0.3) is 0 Å². The van der Waals surface area contributed by atoms with Crippen LogP contribution < -0.4 is 0 Å². The van der Waals surface area contributed by atoms with Crippen LogP contribution in [0.15, 0.2) is 12.2 Å². The Bertz CT molecular complexity index is 470. The Balaban J connectivity index is 2.20. The van der Waals surface area contributed by atoms with Crippen LogP contribution in [0.4, 0.5) is 8.78 Å². The van der Waals surface area contributed by atoms with E-state index in [1.165, 1.54) is 19.9 Å². The zero-order valence-electron chi connectivity index (χ0n) is 13.3. The summed E-state index contributed by atoms with van der Waals surface area (Å²) in [5, 5.41) is 0. The standard InChI is InChI=1S/C14H23F2O5P/c1-5-18-22(17,19-6-2)14(15,16)10-7-8-11-12(9-10)21-13(3,4)20-11/h7-8,10-12H,5-6,9H2,1-4H3/t10-,11-,12+/m0/s1. The summed E-state index contributed by atoms with van der Waals surface area (Å²) in [6.07, 6.45) is 2.02. The topological polar surface area (TPSA) is 54.0 Å². The first-order chi connectivity index (χ1) is 10.1. The lowest BCUT2D eigenvalue weighted by atomic mass is 9.92. The molecular formula is C14H23F2O5P. The first-order valence-electron chi connectivity index (χ1n) is 7.46. The maximum absolute atomic E-state index is 14.7. The minimum atomic E-state index is -4.54. The van der Waals surface area contributed by atoms with E-state index in [2.05, 4.69) is 0 Å². The first kappa shape index (κ1) is 18.0. The summed E-state index contributed by atoms with van der Waals surface area (Å²) in [6, 6.07) is 0. The SMILES string of the molecule is CCOP(=O)(OCC)C(F)(F)[C@H]1C=C[C@@H]2OC(C)(C)O[C@@H]2C1. The van der Waals surface area contributed by atoms with Crippen LogP contribution >= 0.6 is 7.60 Å². The van der Waals surface area contributed by atoms with Crippen molar-refractivity contribution in [2.24, 2.45) is 5.92 Å². The monoisotopic (exact) mass is 340 g/mol. The number of fused-ring (bicyclic) bond motifs is 1. The van der Waals surface area contributed by atoms with Crippen molar-refractivity contribution >= 4 is 7.60 Å². The normalized spacial score (nSPS) is 31.3. The van der Waals surface area contributed by atoms with Gasteiger partial charge in [0, 0.05) is 0 Å². The van der Waals surface area contributed by atoms with E-state index in [9.17, 15) is 13.3 Å². The van der Waals surface area contributed by atoms with Crippen LogP contribution in [0, 0.1) is 5.92 Å². The summed E-state index contributed by atoms with van der Waals surface area (Å²) in [5.41, 5.74) is -3.61. The average molecular weight is 340 g/mol. The third kappa shape index (κ3) is 3.29. The number of hydrogen-bond acceptors (Lipinski definition) is 5. The van der Waals surface area contributed by atoms with Gasteiger partial charge >= 0.3 is 13.3 Å². The van der Waals surface area contributed by atoms with Crippen LogP contribution in [-0.2, 0) is 23.1 Å². The Morgan fingerprint density at radius 2 is 1.82 bits per heavy atom. The second kappa shape index (κ2) is 6.29. The van der Waals surface area contributed by atoms with E-state index >= 15 is 0 Å². The highest BCUT2D eigenvalue weighted by molar-refractivity contribution is 7.55. The number of allylic oxidation sites excluding steroid dienone is 1. The van der Waals surface area contributed by atoms with E-state index in [1.54, 1.807) is 19.9 Å². The van der Waals surface area contributed by atoms with Crippen molar-refractivity contribution < 1.29 is 31.9 Å². The molecule has 0 spiro atoms. The van der Waals surface area contributed by atoms with E-state index in [1.807, 2.05) is 0 Å². The largest absolute Gasteiger partial charge is 0.400 e. The van der Waals surface area contributed by atoms with Gasteiger partial charge in [-0.2, -0.15) is 8.78 Å². The van der Waals surface area contributed by atoms with Gasteiger partial charge in [0.1, 0.15) is 6.10 Å². The van der Waals surface area contributed by atoms with Crippen LogP contribution in [0.1, 0.15) is 34.1 Å². The minimum absolute atomic E-state index is 0.00172. The van der Waals surface area contributed by atoms with Gasteiger partial charge in [0.2, 0.25) is 0 Å². The van der Waals surface area contributed by atoms with Crippen molar-refractivity contribution in [3.63, 3.8) is 0 Å². The molecule has 1 fully saturated rings. The highest BCUT2D eigenvalue weighted by Gasteiger charge is 2.60. The smallest absolute Gasteiger partial charge is 0.344 e. The predicted octanol–water partition coefficient (Wildman–Crippen LogP) is 3.94. The molecule has 0 unspecified atom stereocenters. The van der Waals surface area contributed by atoms with Crippen LogP contribution in [-0.4, -0.2) is 36.9 Å². The number of hydrogen-bond donors (Lipinski definition) is 0. The number of alkyl halides is 2. The van der Waals surface area contributed by atoms with Crippen LogP contribution in [0.2, 0.25) is 0 Å². The second-order valence-electron chi connectivity index (χ2n) is 5.79. The molecule has 0 saturated carbocycles. The molecule has 0 aromatic carbocycles. The van der Waals surface area contributed by atoms with Crippen molar-refractivity contribution in [2.45, 2.75) is 57.8 Å². The van der Waals surface area contributed by atoms with E-state index in [4.69, 9.17) is 18.5 Å². The summed E-state index contributed by atoms with van der Waals surface area (Å²) in [4.78, 5) is 0. The lowest BCUT2D eigenvalue weighted by Crippen LogP contribution is -2.37. The Hall–Kier alpha value is -0.330. The Morgan fingerprint density at radius 3 is 2.36 bits per heavy atom. The third-order valence-electron chi connectivity index (χ3n) is 3.65. The van der Waals surface area contributed by atoms with E-state index in [-0.39, 0.29) is 25.7 Å². The van der Waals surface area contributed by atoms with Gasteiger partial charge in [-0.05, 0) is 34.1 Å². The molecule has 1 aliphatic heterocycles. The fourth-order valence-corrected chi connectivity index (χ4v) is 4.49. The summed E-state index contributed by atoms with van der Waals surface area (Å²) in [5.74, 6) is -2.09. The molecule has 2 rings (SSSR count). The van der Waals surface area contributed by atoms with Gasteiger partial charge < -0.3 is 18.5 Å². The summed E-state index contributed by atoms with van der Waals surface area (Å²) in [7, 11) is -4.54. The number of ether oxygens (including phenoxy) is 2. The first-order valence-corrected chi connectivity index (χ1v) is 9.00. The molecule has 0 bridgehead atoms. The molecule has 8 heteroatoms. The molecule has 5 nitrogen and oxygen atoms in total. The van der Waals surface area contributed by atoms with Crippen LogP contribution in [0.25, 0.3) is 0 Å². The van der Waals surface area contributed by atoms with E-state index in [0.29, 0.717) is 0 Å². The van der Waals surface area contributed by atoms with E-state index in [0.717, 1.165) is 0 Å². The maximum atomic E-state index is 14.7. The highest BCUT2D eigenvalue weighted by atomic mass is 31.2. The molecule has 0 aromatic heterocycles. The second-order valence-corrected chi connectivity index (χ2v) is 7.89. The number of rotatable bonds is 6. The van der Waals surface area contributed by atoms with Crippen molar-refractivity contribution in [3.8, 4) is 0 Å². The highest BCUT2D eigenvalue weighted by Crippen LogP contribution is 2.66. The molecule has 1 aliphatic carbocycles. The third-order valence-corrected chi connectivity index (χ3v) is 5.91. The van der Waals surface area contributed by atoms with Gasteiger partial charge in [-0.3, -0.25) is 4.57 Å². The molecule has 22 heavy (non-hydrogen) atoms. The molecular weight excluding hydrogens is 317 g/mol. The van der Waals surface area contributed by atoms with Crippen molar-refractivity contribution in [3.05, 3.63) is 12.2 Å². The van der Waals surface area contributed by atoms with Gasteiger partial charge in [-0.25, -0.2) is 0 Å².